The van der Waals surface area contributed by atoms with E-state index < -0.39 is 30.2 Å². The van der Waals surface area contributed by atoms with E-state index in [0.29, 0.717) is 50.0 Å². The van der Waals surface area contributed by atoms with E-state index in [-0.39, 0.29) is 24.6 Å². The van der Waals surface area contributed by atoms with Gasteiger partial charge in [0.2, 0.25) is 0 Å². The number of anilines is 1. The molecule has 7 nitrogen and oxygen atoms in total. The Morgan fingerprint density at radius 3 is 2.69 bits per heavy atom. The number of ether oxygens (including phenoxy) is 2. The maximum atomic E-state index is 12.8. The van der Waals surface area contributed by atoms with Crippen LogP contribution in [0.2, 0.25) is 0 Å². The number of alkyl halides is 3. The number of fused-ring (bicyclic) bond motifs is 1. The fourth-order valence-corrected chi connectivity index (χ4v) is 4.82. The van der Waals surface area contributed by atoms with Gasteiger partial charge in [0.15, 0.2) is 0 Å². The number of rotatable bonds is 10. The maximum Gasteiger partial charge on any atom is 0.414 e. The predicted molar refractivity (Wildman–Crippen MR) is 154 cm³/mol. The molecule has 1 unspecified atom stereocenters. The first-order valence-corrected chi connectivity index (χ1v) is 13.9. The first kappa shape index (κ1) is 32.3. The molecule has 0 spiro atoms. The minimum atomic E-state index is -4.23. The number of hydrogen-bond acceptors (Lipinski definition) is 5. The number of amides is 2. The quantitative estimate of drug-likeness (QED) is 0.142. The molecule has 1 aromatic carbocycles. The van der Waals surface area contributed by atoms with Crippen molar-refractivity contribution in [2.24, 2.45) is 0 Å². The number of halogens is 3. The first-order chi connectivity index (χ1) is 19.8. The lowest BCUT2D eigenvalue weighted by molar-refractivity contribution is -0.137. The molecular weight excluding hydrogens is 547 g/mol. The van der Waals surface area contributed by atoms with Gasteiger partial charge in [-0.2, -0.15) is 18.4 Å². The lowest BCUT2D eigenvalue weighted by Gasteiger charge is -2.27. The minimum Gasteiger partial charge on any atom is -0.494 e. The van der Waals surface area contributed by atoms with Crippen molar-refractivity contribution in [1.82, 2.24) is 5.32 Å². The van der Waals surface area contributed by atoms with Crippen molar-refractivity contribution in [3.63, 3.8) is 0 Å². The fraction of sp³-hybridized carbons (Fsp3) is 0.469. The molecule has 0 bridgehead atoms. The highest BCUT2D eigenvalue weighted by Gasteiger charge is 2.31. The van der Waals surface area contributed by atoms with Crippen LogP contribution in [0.4, 0.5) is 23.7 Å². The van der Waals surface area contributed by atoms with Crippen molar-refractivity contribution < 1.29 is 32.2 Å². The Hall–Kier alpha value is -4.18. The summed E-state index contributed by atoms with van der Waals surface area (Å²) < 4.78 is 48.2. The van der Waals surface area contributed by atoms with E-state index in [1.807, 2.05) is 45.0 Å². The Morgan fingerprint density at radius 2 is 2.02 bits per heavy atom. The Kier molecular flexibility index (Phi) is 10.9. The second kappa shape index (κ2) is 14.1. The molecule has 1 N–H and O–H groups in total. The Labute approximate surface area is 245 Å². The second-order valence-electron chi connectivity index (χ2n) is 11.2. The Bertz CT molecular complexity index is 1340. The minimum absolute atomic E-state index is 0.0713. The number of unbranched alkanes of at least 4 members (excludes halogenated alkanes) is 1. The number of benzene rings is 1. The molecule has 0 radical (unpaired) electrons. The summed E-state index contributed by atoms with van der Waals surface area (Å²) in [4.78, 5) is 27.0. The number of allylic oxidation sites excluding steroid dienone is 3. The van der Waals surface area contributed by atoms with Gasteiger partial charge in [0.1, 0.15) is 23.0 Å². The van der Waals surface area contributed by atoms with Gasteiger partial charge in [-0.15, -0.1) is 6.42 Å². The zero-order valence-corrected chi connectivity index (χ0v) is 24.1. The first-order valence-electron chi connectivity index (χ1n) is 13.9. The molecule has 42 heavy (non-hydrogen) atoms. The average Bonchev–Trinajstić information content (AvgIpc) is 3.33. The number of nitriles is 1. The van der Waals surface area contributed by atoms with E-state index in [2.05, 4.69) is 11.2 Å². The average molecular weight is 584 g/mol. The number of nitrogens with zero attached hydrogens (tertiary/aromatic N) is 2. The van der Waals surface area contributed by atoms with Gasteiger partial charge in [0.25, 0.3) is 5.91 Å². The van der Waals surface area contributed by atoms with Crippen molar-refractivity contribution in [2.75, 3.05) is 18.1 Å². The maximum absolute atomic E-state index is 12.8. The molecule has 0 fully saturated rings. The third-order valence-corrected chi connectivity index (χ3v) is 6.68. The summed E-state index contributed by atoms with van der Waals surface area (Å²) in [6.07, 6.45) is 7.17. The molecule has 2 aliphatic rings. The van der Waals surface area contributed by atoms with Gasteiger partial charge >= 0.3 is 12.3 Å². The van der Waals surface area contributed by atoms with E-state index >= 15 is 0 Å². The van der Waals surface area contributed by atoms with E-state index in [1.165, 1.54) is 12.2 Å². The van der Waals surface area contributed by atoms with E-state index in [9.17, 15) is 28.0 Å². The summed E-state index contributed by atoms with van der Waals surface area (Å²) in [5.41, 5.74) is 2.58. The van der Waals surface area contributed by atoms with Gasteiger partial charge in [-0.25, -0.2) is 4.79 Å². The molecule has 0 saturated carbocycles. The van der Waals surface area contributed by atoms with Crippen LogP contribution in [0.3, 0.4) is 0 Å². The highest BCUT2D eigenvalue weighted by atomic mass is 19.4. The summed E-state index contributed by atoms with van der Waals surface area (Å²) >= 11 is 0. The summed E-state index contributed by atoms with van der Waals surface area (Å²) in [6, 6.07) is 7.43. The van der Waals surface area contributed by atoms with Gasteiger partial charge in [0.05, 0.1) is 12.3 Å². The van der Waals surface area contributed by atoms with Crippen molar-refractivity contribution in [3.05, 3.63) is 58.9 Å². The van der Waals surface area contributed by atoms with Crippen LogP contribution in [-0.4, -0.2) is 43.0 Å². The Balaban J connectivity index is 1.65. The zero-order valence-electron chi connectivity index (χ0n) is 24.1. The molecule has 10 heteroatoms. The van der Waals surface area contributed by atoms with Crippen LogP contribution in [0, 0.1) is 23.7 Å². The molecule has 2 heterocycles. The van der Waals surface area contributed by atoms with Gasteiger partial charge in [0, 0.05) is 19.0 Å². The normalized spacial score (nSPS) is 17.5. The van der Waals surface area contributed by atoms with E-state index in [0.717, 1.165) is 16.8 Å². The zero-order chi connectivity index (χ0) is 30.9. The topological polar surface area (TPSA) is 91.7 Å². The van der Waals surface area contributed by atoms with Gasteiger partial charge < -0.3 is 14.8 Å². The molecular formula is C32H36F3N3O4. The molecule has 1 atom stereocenters. The monoisotopic (exact) mass is 583 g/mol. The molecule has 0 saturated heterocycles. The smallest absolute Gasteiger partial charge is 0.414 e. The number of hydrogen-bond donors (Lipinski definition) is 1. The van der Waals surface area contributed by atoms with Crippen LogP contribution in [0.25, 0.3) is 5.57 Å². The van der Waals surface area contributed by atoms with Crippen molar-refractivity contribution >= 4 is 23.3 Å². The molecule has 224 valence electrons. The standard InChI is InChI=1S/C32H36F3N3O4/c1-5-6-11-25(41-18-9-16-32(33,34)35)12-8-7-10-24-20-26(27(21-36)29(39)37-24)22-13-14-28-23(19-22)15-17-38(28)30(40)42-31(2,3)4/h1,6,11-14,19,24H,7-10,15-18,20H2,2-4H3,(H,37,39)/b11-6-,25-12+. The van der Waals surface area contributed by atoms with Crippen LogP contribution < -0.4 is 10.2 Å². The fourth-order valence-electron chi connectivity index (χ4n) is 4.82. The van der Waals surface area contributed by atoms with Crippen LogP contribution in [0.15, 0.2) is 47.8 Å². The van der Waals surface area contributed by atoms with Crippen molar-refractivity contribution in [2.45, 2.75) is 83.5 Å². The summed E-state index contributed by atoms with van der Waals surface area (Å²) in [5, 5.41) is 12.6. The van der Waals surface area contributed by atoms with Crippen molar-refractivity contribution in [3.8, 4) is 18.4 Å². The SMILES string of the molecule is C#C/C=C\C(=C/CCCC1CC(c2ccc3c(c2)CCN3C(=O)OC(C)(C)C)=C(C#N)C(=O)N1)OCCCC(F)(F)F. The molecule has 0 aromatic heterocycles. The van der Waals surface area contributed by atoms with Crippen LogP contribution >= 0.6 is 0 Å². The third kappa shape index (κ3) is 9.44. The largest absolute Gasteiger partial charge is 0.494 e. The van der Waals surface area contributed by atoms with Crippen LogP contribution in [0.5, 0.6) is 0 Å². The summed E-state index contributed by atoms with van der Waals surface area (Å²) in [5.74, 6) is 2.30. The molecule has 1 aromatic rings. The number of terminal acetylenes is 1. The molecule has 3 rings (SSSR count). The number of carbonyl (C=O) groups excluding carboxylic acids is 2. The highest BCUT2D eigenvalue weighted by Crippen LogP contribution is 2.35. The number of nitrogens with one attached hydrogen (secondary N) is 1. The Morgan fingerprint density at radius 1 is 1.26 bits per heavy atom. The second-order valence-corrected chi connectivity index (χ2v) is 11.2. The van der Waals surface area contributed by atoms with E-state index in [4.69, 9.17) is 15.9 Å². The third-order valence-electron chi connectivity index (χ3n) is 6.68. The van der Waals surface area contributed by atoms with Crippen LogP contribution in [-0.2, 0) is 20.7 Å². The lowest BCUT2D eigenvalue weighted by atomic mass is 9.87. The van der Waals surface area contributed by atoms with Gasteiger partial charge in [-0.3, -0.25) is 9.69 Å². The summed E-state index contributed by atoms with van der Waals surface area (Å²) in [6.45, 7) is 5.84. The highest BCUT2D eigenvalue weighted by molar-refractivity contribution is 6.06. The van der Waals surface area contributed by atoms with E-state index in [1.54, 1.807) is 11.0 Å². The van der Waals surface area contributed by atoms with Crippen LogP contribution in [0.1, 0.15) is 70.4 Å². The van der Waals surface area contributed by atoms with Crippen molar-refractivity contribution in [1.29, 1.82) is 5.26 Å². The summed E-state index contributed by atoms with van der Waals surface area (Å²) in [7, 11) is 0. The number of carbonyl (C=O) groups is 2. The predicted octanol–water partition coefficient (Wildman–Crippen LogP) is 6.75. The lowest BCUT2D eigenvalue weighted by Crippen LogP contribution is -2.39. The van der Waals surface area contributed by atoms with Gasteiger partial charge in [-0.1, -0.05) is 12.0 Å². The molecule has 2 amide bonds. The molecule has 2 aliphatic heterocycles. The van der Waals surface area contributed by atoms with Gasteiger partial charge in [-0.05, 0) is 106 Å². The molecule has 0 aliphatic carbocycles.